The van der Waals surface area contributed by atoms with Crippen LogP contribution in [-0.4, -0.2) is 37.0 Å². The summed E-state index contributed by atoms with van der Waals surface area (Å²) in [5.41, 5.74) is 0.782. The lowest BCUT2D eigenvalue weighted by Crippen LogP contribution is -2.54. The molecule has 0 radical (unpaired) electrons. The summed E-state index contributed by atoms with van der Waals surface area (Å²) in [4.78, 5) is 51.0. The Hall–Kier alpha value is -4.51. The van der Waals surface area contributed by atoms with Crippen molar-refractivity contribution < 1.29 is 33.0 Å². The molecule has 0 saturated carbocycles. The fraction of sp³-hybridized carbons (Fsp3) is 0.111. The minimum absolute atomic E-state index is 0.0982. The number of hydrogen-bond donors (Lipinski definition) is 2. The third-order valence-electron chi connectivity index (χ3n) is 5.23. The SMILES string of the molecule is CCOc1cc(/C=C2\C(=O)NC(=O)N(c3ccc(F)cc3)C2=O)cc(Br)c1OCC(=O)Nc1ccccc1. The molecule has 0 spiro atoms. The van der Waals surface area contributed by atoms with Gasteiger partial charge in [0.05, 0.1) is 16.8 Å². The fourth-order valence-electron chi connectivity index (χ4n) is 3.58. The van der Waals surface area contributed by atoms with E-state index in [1.54, 1.807) is 37.3 Å². The maximum atomic E-state index is 13.3. The standard InChI is InChI=1S/C27H21BrFN3O6/c1-2-37-22-14-16(13-21(28)24(22)38-15-23(33)30-18-6-4-3-5-7-18)12-20-25(34)31-27(36)32(26(20)35)19-10-8-17(29)9-11-19/h3-14H,2,15H2,1H3,(H,30,33)(H,31,34,36)/b20-12+. The van der Waals surface area contributed by atoms with Gasteiger partial charge in [-0.2, -0.15) is 0 Å². The van der Waals surface area contributed by atoms with E-state index in [9.17, 15) is 23.6 Å². The molecule has 0 aromatic heterocycles. The zero-order valence-corrected chi connectivity index (χ0v) is 21.6. The highest BCUT2D eigenvalue weighted by atomic mass is 79.9. The first kappa shape index (κ1) is 26.6. The van der Waals surface area contributed by atoms with Crippen molar-refractivity contribution in [3.8, 4) is 11.5 Å². The first-order chi connectivity index (χ1) is 18.3. The van der Waals surface area contributed by atoms with Crippen molar-refractivity contribution in [3.05, 3.63) is 88.2 Å². The number of halogens is 2. The van der Waals surface area contributed by atoms with Crippen molar-refractivity contribution in [2.24, 2.45) is 0 Å². The van der Waals surface area contributed by atoms with Crippen molar-refractivity contribution in [3.63, 3.8) is 0 Å². The van der Waals surface area contributed by atoms with Crippen LogP contribution in [0.3, 0.4) is 0 Å². The number of hydrogen-bond acceptors (Lipinski definition) is 6. The molecular formula is C27H21BrFN3O6. The minimum Gasteiger partial charge on any atom is -0.490 e. The van der Waals surface area contributed by atoms with E-state index in [0.717, 1.165) is 17.0 Å². The van der Waals surface area contributed by atoms with E-state index in [4.69, 9.17) is 9.47 Å². The summed E-state index contributed by atoms with van der Waals surface area (Å²) in [5, 5.41) is 4.83. The second-order valence-corrected chi connectivity index (χ2v) is 8.75. The summed E-state index contributed by atoms with van der Waals surface area (Å²) < 4.78 is 25.1. The summed E-state index contributed by atoms with van der Waals surface area (Å²) >= 11 is 3.39. The van der Waals surface area contributed by atoms with Crippen molar-refractivity contribution in [2.75, 3.05) is 23.4 Å². The van der Waals surface area contributed by atoms with Gasteiger partial charge in [-0.3, -0.25) is 19.7 Å². The Morgan fingerprint density at radius 1 is 1.05 bits per heavy atom. The lowest BCUT2D eigenvalue weighted by Gasteiger charge is -2.26. The molecular weight excluding hydrogens is 561 g/mol. The Morgan fingerprint density at radius 2 is 1.76 bits per heavy atom. The maximum absolute atomic E-state index is 13.3. The molecule has 38 heavy (non-hydrogen) atoms. The van der Waals surface area contributed by atoms with Gasteiger partial charge in [-0.15, -0.1) is 0 Å². The van der Waals surface area contributed by atoms with E-state index >= 15 is 0 Å². The monoisotopic (exact) mass is 581 g/mol. The highest BCUT2D eigenvalue weighted by Gasteiger charge is 2.37. The Bertz CT molecular complexity index is 1430. The largest absolute Gasteiger partial charge is 0.490 e. The van der Waals surface area contributed by atoms with E-state index in [1.165, 1.54) is 24.3 Å². The molecule has 194 valence electrons. The van der Waals surface area contributed by atoms with Gasteiger partial charge >= 0.3 is 6.03 Å². The van der Waals surface area contributed by atoms with Gasteiger partial charge in [0.1, 0.15) is 11.4 Å². The average molecular weight is 582 g/mol. The minimum atomic E-state index is -0.947. The Kier molecular flexibility index (Phi) is 8.17. The molecule has 1 heterocycles. The number of anilines is 2. The predicted molar refractivity (Wildman–Crippen MR) is 141 cm³/mol. The molecule has 9 nitrogen and oxygen atoms in total. The lowest BCUT2D eigenvalue weighted by atomic mass is 10.1. The van der Waals surface area contributed by atoms with Gasteiger partial charge in [-0.1, -0.05) is 18.2 Å². The number of urea groups is 1. The molecule has 1 aliphatic rings. The molecule has 0 unspecified atom stereocenters. The maximum Gasteiger partial charge on any atom is 0.335 e. The van der Waals surface area contributed by atoms with Crippen molar-refractivity contribution in [1.29, 1.82) is 0 Å². The van der Waals surface area contributed by atoms with Crippen molar-refractivity contribution in [2.45, 2.75) is 6.92 Å². The predicted octanol–water partition coefficient (Wildman–Crippen LogP) is 4.67. The van der Waals surface area contributed by atoms with Crippen LogP contribution in [0.1, 0.15) is 12.5 Å². The van der Waals surface area contributed by atoms with E-state index in [1.807, 2.05) is 6.07 Å². The molecule has 0 atom stereocenters. The first-order valence-electron chi connectivity index (χ1n) is 11.4. The number of imide groups is 2. The molecule has 3 aromatic rings. The molecule has 5 amide bonds. The lowest BCUT2D eigenvalue weighted by molar-refractivity contribution is -0.122. The average Bonchev–Trinajstić information content (AvgIpc) is 2.88. The molecule has 0 bridgehead atoms. The van der Waals surface area contributed by atoms with Gasteiger partial charge in [0.25, 0.3) is 17.7 Å². The number of carbonyl (C=O) groups is 4. The molecule has 3 aromatic carbocycles. The third-order valence-corrected chi connectivity index (χ3v) is 5.82. The van der Waals surface area contributed by atoms with Gasteiger partial charge in [0.15, 0.2) is 18.1 Å². The number of para-hydroxylation sites is 1. The molecule has 1 saturated heterocycles. The molecule has 11 heteroatoms. The van der Waals surface area contributed by atoms with Gasteiger partial charge in [-0.25, -0.2) is 14.1 Å². The van der Waals surface area contributed by atoms with Crippen LogP contribution in [0.15, 0.2) is 76.8 Å². The second-order valence-electron chi connectivity index (χ2n) is 7.90. The van der Waals surface area contributed by atoms with Crippen molar-refractivity contribution >= 4 is 57.1 Å². The van der Waals surface area contributed by atoms with Crippen molar-refractivity contribution in [1.82, 2.24) is 5.32 Å². The smallest absolute Gasteiger partial charge is 0.335 e. The van der Waals surface area contributed by atoms with Crippen LogP contribution < -0.4 is 25.0 Å². The normalized spacial score (nSPS) is 14.3. The number of nitrogens with zero attached hydrogens (tertiary/aromatic N) is 1. The number of benzene rings is 3. The van der Waals surface area contributed by atoms with Crippen LogP contribution in [0, 0.1) is 5.82 Å². The van der Waals surface area contributed by atoms with Crippen LogP contribution in [-0.2, 0) is 14.4 Å². The summed E-state index contributed by atoms with van der Waals surface area (Å²) in [6.07, 6.45) is 1.29. The topological polar surface area (TPSA) is 114 Å². The summed E-state index contributed by atoms with van der Waals surface area (Å²) in [5.74, 6) is -2.18. The molecule has 1 aliphatic heterocycles. The second kappa shape index (κ2) is 11.7. The van der Waals surface area contributed by atoms with Gasteiger partial charge < -0.3 is 14.8 Å². The molecule has 4 rings (SSSR count). The van der Waals surface area contributed by atoms with E-state index in [2.05, 4.69) is 26.6 Å². The molecule has 1 fully saturated rings. The molecule has 0 aliphatic carbocycles. The number of barbiturate groups is 1. The number of nitrogens with one attached hydrogen (secondary N) is 2. The number of amides is 5. The van der Waals surface area contributed by atoms with Crippen LogP contribution in [0.5, 0.6) is 11.5 Å². The molecule has 2 N–H and O–H groups in total. The highest BCUT2D eigenvalue weighted by Crippen LogP contribution is 2.38. The zero-order valence-electron chi connectivity index (χ0n) is 20.0. The number of rotatable bonds is 8. The Labute approximate surface area is 225 Å². The summed E-state index contributed by atoms with van der Waals surface area (Å²) in [6.45, 7) is 1.73. The van der Waals surface area contributed by atoms with Crippen LogP contribution in [0.4, 0.5) is 20.6 Å². The first-order valence-corrected chi connectivity index (χ1v) is 12.2. The van der Waals surface area contributed by atoms with Crippen LogP contribution in [0.2, 0.25) is 0 Å². The summed E-state index contributed by atoms with van der Waals surface area (Å²) in [7, 11) is 0. The Balaban J connectivity index is 1.58. The van der Waals surface area contributed by atoms with Gasteiger partial charge in [0.2, 0.25) is 0 Å². The van der Waals surface area contributed by atoms with Gasteiger partial charge in [0, 0.05) is 5.69 Å². The fourth-order valence-corrected chi connectivity index (χ4v) is 4.15. The Morgan fingerprint density at radius 3 is 2.45 bits per heavy atom. The highest BCUT2D eigenvalue weighted by molar-refractivity contribution is 9.10. The van der Waals surface area contributed by atoms with Gasteiger partial charge in [-0.05, 0) is 83.0 Å². The zero-order chi connectivity index (χ0) is 27.2. The quantitative estimate of drug-likeness (QED) is 0.295. The third kappa shape index (κ3) is 6.06. The summed E-state index contributed by atoms with van der Waals surface area (Å²) in [6, 6.07) is 15.8. The van der Waals surface area contributed by atoms with E-state index in [-0.39, 0.29) is 41.9 Å². The van der Waals surface area contributed by atoms with Crippen LogP contribution in [0.25, 0.3) is 6.08 Å². The van der Waals surface area contributed by atoms with Crippen LogP contribution >= 0.6 is 15.9 Å². The number of carbonyl (C=O) groups excluding carboxylic acids is 4. The van der Waals surface area contributed by atoms with E-state index in [0.29, 0.717) is 15.7 Å². The van der Waals surface area contributed by atoms with E-state index < -0.39 is 23.7 Å². The number of ether oxygens (including phenoxy) is 2.